The van der Waals surface area contributed by atoms with Crippen LogP contribution in [0.1, 0.15) is 33.6 Å². The summed E-state index contributed by atoms with van der Waals surface area (Å²) in [6.07, 6.45) is 0.941. The minimum Gasteiger partial charge on any atom is -0.444 e. The van der Waals surface area contributed by atoms with Crippen molar-refractivity contribution in [1.29, 1.82) is 0 Å². The van der Waals surface area contributed by atoms with Crippen molar-refractivity contribution in [2.24, 2.45) is 5.11 Å². The molecule has 0 aromatic carbocycles. The van der Waals surface area contributed by atoms with Crippen molar-refractivity contribution in [2.45, 2.75) is 39.2 Å². The third-order valence-corrected chi connectivity index (χ3v) is 2.94. The zero-order chi connectivity index (χ0) is 21.1. The first-order chi connectivity index (χ1) is 13.3. The minimum absolute atomic E-state index is 0.187. The Kier molecular flexibility index (Phi) is 15.8. The maximum Gasteiger partial charge on any atom is 0.407 e. The van der Waals surface area contributed by atoms with E-state index >= 15 is 0 Å². The third-order valence-electron chi connectivity index (χ3n) is 2.94. The molecule has 0 aromatic heterocycles. The number of hydrogen-bond acceptors (Lipinski definition) is 7. The van der Waals surface area contributed by atoms with E-state index in [9.17, 15) is 9.59 Å². The van der Waals surface area contributed by atoms with Crippen LogP contribution in [-0.4, -0.2) is 76.9 Å². The standard InChI is InChI=1S/C17H33N5O6/c1-17(2,3)28-16(24)20-7-5-9-26-11-13-27-12-10-25-8-4-6-19-15(23)14-21-22-18/h4-14H2,1-3H3,(H,19,23)(H,20,24). The van der Waals surface area contributed by atoms with Crippen LogP contribution in [0, 0.1) is 0 Å². The first-order valence-corrected chi connectivity index (χ1v) is 9.33. The molecule has 0 bridgehead atoms. The Morgan fingerprint density at radius 2 is 1.39 bits per heavy atom. The van der Waals surface area contributed by atoms with Crippen molar-refractivity contribution in [3.63, 3.8) is 0 Å². The molecule has 0 aliphatic carbocycles. The summed E-state index contributed by atoms with van der Waals surface area (Å²) >= 11 is 0. The number of rotatable bonds is 16. The van der Waals surface area contributed by atoms with E-state index < -0.39 is 11.7 Å². The van der Waals surface area contributed by atoms with E-state index in [1.54, 1.807) is 0 Å². The number of alkyl carbamates (subject to hydrolysis) is 1. The molecule has 0 fully saturated rings. The molecule has 28 heavy (non-hydrogen) atoms. The lowest BCUT2D eigenvalue weighted by molar-refractivity contribution is -0.119. The molecule has 2 N–H and O–H groups in total. The van der Waals surface area contributed by atoms with Crippen LogP contribution in [0.25, 0.3) is 10.4 Å². The number of carbonyl (C=O) groups excluding carboxylic acids is 2. The molecule has 0 aromatic rings. The van der Waals surface area contributed by atoms with Gasteiger partial charge < -0.3 is 29.6 Å². The third kappa shape index (κ3) is 20.2. The smallest absolute Gasteiger partial charge is 0.407 e. The first-order valence-electron chi connectivity index (χ1n) is 9.33. The fraction of sp³-hybridized carbons (Fsp3) is 0.882. The fourth-order valence-electron chi connectivity index (χ4n) is 1.77. The molecule has 0 unspecified atom stereocenters. The Bertz CT molecular complexity index is 477. The molecule has 2 amide bonds. The fourth-order valence-corrected chi connectivity index (χ4v) is 1.77. The van der Waals surface area contributed by atoms with Gasteiger partial charge in [0, 0.05) is 31.2 Å². The average molecular weight is 403 g/mol. The molecule has 0 aliphatic heterocycles. The van der Waals surface area contributed by atoms with Crippen LogP contribution in [0.2, 0.25) is 0 Å². The van der Waals surface area contributed by atoms with Crippen LogP contribution in [0.3, 0.4) is 0 Å². The predicted octanol–water partition coefficient (Wildman–Crippen LogP) is 1.77. The summed E-state index contributed by atoms with van der Waals surface area (Å²) in [5.74, 6) is -0.304. The van der Waals surface area contributed by atoms with Crippen LogP contribution < -0.4 is 10.6 Å². The Labute approximate surface area is 166 Å². The lowest BCUT2D eigenvalue weighted by atomic mass is 10.2. The minimum atomic E-state index is -0.494. The van der Waals surface area contributed by atoms with Crippen molar-refractivity contribution in [3.05, 3.63) is 10.4 Å². The Hall–Kier alpha value is -2.07. The van der Waals surface area contributed by atoms with Crippen molar-refractivity contribution in [3.8, 4) is 0 Å². The van der Waals surface area contributed by atoms with Gasteiger partial charge in [-0.1, -0.05) is 5.11 Å². The Morgan fingerprint density at radius 1 is 0.893 bits per heavy atom. The molecule has 0 spiro atoms. The zero-order valence-electron chi connectivity index (χ0n) is 17.1. The SMILES string of the molecule is CC(C)(C)OC(=O)NCCCOCCOCCOCCCNC(=O)CN=[N+]=[N-]. The summed E-state index contributed by atoms with van der Waals surface area (Å²) in [5.41, 5.74) is 7.59. The Balaban J connectivity index is 3.23. The molecule has 0 radical (unpaired) electrons. The van der Waals surface area contributed by atoms with E-state index in [0.717, 1.165) is 0 Å². The molecular formula is C17H33N5O6. The summed E-state index contributed by atoms with van der Waals surface area (Å²) < 4.78 is 21.2. The molecule has 0 rings (SSSR count). The van der Waals surface area contributed by atoms with Gasteiger partial charge in [0.1, 0.15) is 12.1 Å². The van der Waals surface area contributed by atoms with E-state index in [1.807, 2.05) is 20.8 Å². The highest BCUT2D eigenvalue weighted by atomic mass is 16.6. The van der Waals surface area contributed by atoms with Gasteiger partial charge in [-0.2, -0.15) is 0 Å². The van der Waals surface area contributed by atoms with Crippen LogP contribution >= 0.6 is 0 Å². The molecule has 0 atom stereocenters. The van der Waals surface area contributed by atoms with Gasteiger partial charge in [-0.05, 0) is 39.1 Å². The lowest BCUT2D eigenvalue weighted by Crippen LogP contribution is -2.33. The number of ether oxygens (including phenoxy) is 4. The van der Waals surface area contributed by atoms with Crippen molar-refractivity contribution >= 4 is 12.0 Å². The number of carbonyl (C=O) groups is 2. The quantitative estimate of drug-likeness (QED) is 0.174. The second kappa shape index (κ2) is 17.1. The van der Waals surface area contributed by atoms with E-state index in [0.29, 0.717) is 65.6 Å². The van der Waals surface area contributed by atoms with E-state index in [-0.39, 0.29) is 12.5 Å². The number of azide groups is 1. The molecular weight excluding hydrogens is 370 g/mol. The maximum atomic E-state index is 11.4. The van der Waals surface area contributed by atoms with Crippen molar-refractivity contribution in [1.82, 2.24) is 10.6 Å². The zero-order valence-corrected chi connectivity index (χ0v) is 17.1. The summed E-state index contributed by atoms with van der Waals surface area (Å²) in [6, 6.07) is 0. The molecule has 0 heterocycles. The lowest BCUT2D eigenvalue weighted by Gasteiger charge is -2.19. The van der Waals surface area contributed by atoms with Gasteiger partial charge in [0.15, 0.2) is 0 Å². The largest absolute Gasteiger partial charge is 0.444 e. The van der Waals surface area contributed by atoms with Crippen LogP contribution in [0.5, 0.6) is 0 Å². The summed E-state index contributed by atoms with van der Waals surface area (Å²) in [6.45, 7) is 9.14. The molecule has 11 heteroatoms. The van der Waals surface area contributed by atoms with Crippen LogP contribution in [0.15, 0.2) is 5.11 Å². The highest BCUT2D eigenvalue weighted by molar-refractivity contribution is 5.78. The Morgan fingerprint density at radius 3 is 1.89 bits per heavy atom. The summed E-state index contributed by atoms with van der Waals surface area (Å²) in [5, 5.41) is 8.44. The number of hydrogen-bond donors (Lipinski definition) is 2. The van der Waals surface area contributed by atoms with E-state index in [4.69, 9.17) is 24.5 Å². The average Bonchev–Trinajstić information content (AvgIpc) is 2.61. The molecule has 0 aliphatic rings. The number of nitrogens with zero attached hydrogens (tertiary/aromatic N) is 3. The first kappa shape index (κ1) is 25.9. The van der Waals surface area contributed by atoms with Gasteiger partial charge >= 0.3 is 6.09 Å². The number of nitrogens with one attached hydrogen (secondary N) is 2. The van der Waals surface area contributed by atoms with Crippen molar-refractivity contribution in [2.75, 3.05) is 59.3 Å². The monoisotopic (exact) mass is 403 g/mol. The summed E-state index contributed by atoms with van der Waals surface area (Å²) in [4.78, 5) is 25.0. The maximum absolute atomic E-state index is 11.4. The molecule has 0 saturated heterocycles. The summed E-state index contributed by atoms with van der Waals surface area (Å²) in [7, 11) is 0. The van der Waals surface area contributed by atoms with Crippen LogP contribution in [0.4, 0.5) is 4.79 Å². The molecule has 11 nitrogen and oxygen atoms in total. The van der Waals surface area contributed by atoms with Gasteiger partial charge in [-0.15, -0.1) is 0 Å². The van der Waals surface area contributed by atoms with Gasteiger partial charge in [-0.3, -0.25) is 4.79 Å². The van der Waals surface area contributed by atoms with Gasteiger partial charge in [0.25, 0.3) is 0 Å². The second-order valence-corrected chi connectivity index (χ2v) is 6.71. The topological polar surface area (TPSA) is 144 Å². The number of amides is 2. The predicted molar refractivity (Wildman–Crippen MR) is 103 cm³/mol. The van der Waals surface area contributed by atoms with Gasteiger partial charge in [0.2, 0.25) is 5.91 Å². The van der Waals surface area contributed by atoms with Gasteiger partial charge in [-0.25, -0.2) is 4.79 Å². The van der Waals surface area contributed by atoms with E-state index in [2.05, 4.69) is 20.7 Å². The van der Waals surface area contributed by atoms with E-state index in [1.165, 1.54) is 0 Å². The van der Waals surface area contributed by atoms with Crippen molar-refractivity contribution < 1.29 is 28.5 Å². The highest BCUT2D eigenvalue weighted by Crippen LogP contribution is 2.06. The van der Waals surface area contributed by atoms with Crippen LogP contribution in [-0.2, 0) is 23.7 Å². The molecule has 0 saturated carbocycles. The highest BCUT2D eigenvalue weighted by Gasteiger charge is 2.15. The molecule has 162 valence electrons. The van der Waals surface area contributed by atoms with Gasteiger partial charge in [0.05, 0.1) is 26.4 Å². The second-order valence-electron chi connectivity index (χ2n) is 6.71. The normalized spacial score (nSPS) is 10.8.